The molecule has 0 aliphatic carbocycles. The first-order chi connectivity index (χ1) is 9.15. The summed E-state index contributed by atoms with van der Waals surface area (Å²) in [6.07, 6.45) is 1.77. The van der Waals surface area contributed by atoms with Crippen LogP contribution in [0.4, 0.5) is 0 Å². The molecule has 1 aliphatic rings. The number of thiocarbonyl (C=S) groups is 1. The van der Waals surface area contributed by atoms with Gasteiger partial charge >= 0.3 is 5.97 Å². The lowest BCUT2D eigenvalue weighted by Gasteiger charge is -2.18. The molecule has 0 aromatic heterocycles. The predicted octanol–water partition coefficient (Wildman–Crippen LogP) is 2.91. The van der Waals surface area contributed by atoms with Crippen molar-refractivity contribution < 1.29 is 14.3 Å². The van der Waals surface area contributed by atoms with Gasteiger partial charge < -0.3 is 9.47 Å². The Morgan fingerprint density at radius 1 is 1.32 bits per heavy atom. The van der Waals surface area contributed by atoms with Crippen LogP contribution in [0.5, 0.6) is 0 Å². The van der Waals surface area contributed by atoms with Gasteiger partial charge in [0.2, 0.25) is 0 Å². The second kappa shape index (κ2) is 6.66. The molecule has 0 radical (unpaired) electrons. The van der Waals surface area contributed by atoms with Crippen LogP contribution in [-0.4, -0.2) is 23.7 Å². The van der Waals surface area contributed by atoms with Gasteiger partial charge in [0, 0.05) is 0 Å². The summed E-state index contributed by atoms with van der Waals surface area (Å²) in [5, 5.41) is 0.528. The molecule has 102 valence electrons. The number of carbonyl (C=O) groups is 1. The van der Waals surface area contributed by atoms with E-state index < -0.39 is 0 Å². The minimum Gasteiger partial charge on any atom is -0.484 e. The number of cyclic esters (lactones) is 1. The fourth-order valence-corrected chi connectivity index (χ4v) is 2.49. The molecule has 1 aromatic carbocycles. The van der Waals surface area contributed by atoms with Gasteiger partial charge in [0.1, 0.15) is 0 Å². The monoisotopic (exact) mass is 278 g/mol. The molecule has 1 aromatic rings. The number of hydrogen-bond donors (Lipinski definition) is 0. The minimum absolute atomic E-state index is 0.0492. The van der Waals surface area contributed by atoms with Crippen LogP contribution in [-0.2, 0) is 20.7 Å². The zero-order valence-electron chi connectivity index (χ0n) is 11.0. The highest BCUT2D eigenvalue weighted by Gasteiger charge is 2.25. The molecular formula is C15H18O3S. The minimum atomic E-state index is -0.168. The van der Waals surface area contributed by atoms with E-state index in [0.29, 0.717) is 30.9 Å². The predicted molar refractivity (Wildman–Crippen MR) is 77.0 cm³/mol. The number of carbonyl (C=O) groups excluding carboxylic acids is 1. The standard InChI is InChI=1S/C15H18O3S/c1-11-9-13(10-12-5-3-2-4-6-12)15(16)17-8-7-14(19)18-11/h2-6,11,13H,7-10H2,1H3/t11-,13-/m0/s1. The van der Waals surface area contributed by atoms with E-state index in [4.69, 9.17) is 21.7 Å². The Bertz CT molecular complexity index is 444. The lowest BCUT2D eigenvalue weighted by Crippen LogP contribution is -2.24. The molecule has 3 nitrogen and oxygen atoms in total. The van der Waals surface area contributed by atoms with E-state index in [9.17, 15) is 4.79 Å². The summed E-state index contributed by atoms with van der Waals surface area (Å²) in [7, 11) is 0. The van der Waals surface area contributed by atoms with E-state index in [1.54, 1.807) is 0 Å². The summed E-state index contributed by atoms with van der Waals surface area (Å²) in [5.74, 6) is -0.317. The van der Waals surface area contributed by atoms with Crippen LogP contribution in [0.2, 0.25) is 0 Å². The Morgan fingerprint density at radius 3 is 2.79 bits per heavy atom. The summed E-state index contributed by atoms with van der Waals surface area (Å²) in [4.78, 5) is 12.1. The highest BCUT2D eigenvalue weighted by molar-refractivity contribution is 7.80. The molecule has 4 heteroatoms. The molecule has 2 atom stereocenters. The van der Waals surface area contributed by atoms with Crippen molar-refractivity contribution in [2.75, 3.05) is 6.61 Å². The van der Waals surface area contributed by atoms with Gasteiger partial charge in [-0.05, 0) is 37.5 Å². The van der Waals surface area contributed by atoms with Crippen molar-refractivity contribution in [3.63, 3.8) is 0 Å². The molecule has 0 amide bonds. The van der Waals surface area contributed by atoms with Gasteiger partial charge in [-0.25, -0.2) is 0 Å². The lowest BCUT2D eigenvalue weighted by molar-refractivity contribution is -0.148. The maximum absolute atomic E-state index is 12.1. The second-order valence-electron chi connectivity index (χ2n) is 4.84. The van der Waals surface area contributed by atoms with Crippen molar-refractivity contribution in [2.45, 2.75) is 32.3 Å². The van der Waals surface area contributed by atoms with Gasteiger partial charge in [-0.2, -0.15) is 0 Å². The van der Waals surface area contributed by atoms with Crippen LogP contribution in [0.3, 0.4) is 0 Å². The highest BCUT2D eigenvalue weighted by Crippen LogP contribution is 2.19. The first-order valence-corrected chi connectivity index (χ1v) is 6.96. The summed E-state index contributed by atoms with van der Waals surface area (Å²) in [6, 6.07) is 9.97. The number of benzene rings is 1. The highest BCUT2D eigenvalue weighted by atomic mass is 32.1. The van der Waals surface area contributed by atoms with Crippen LogP contribution >= 0.6 is 12.2 Å². The Balaban J connectivity index is 2.07. The van der Waals surface area contributed by atoms with Crippen LogP contribution in [0.15, 0.2) is 30.3 Å². The molecule has 1 heterocycles. The van der Waals surface area contributed by atoms with Gasteiger partial charge in [-0.1, -0.05) is 30.3 Å². The first kappa shape index (κ1) is 14.0. The number of ether oxygens (including phenoxy) is 2. The third kappa shape index (κ3) is 4.31. The molecule has 0 N–H and O–H groups in total. The Hall–Kier alpha value is -1.42. The molecule has 0 bridgehead atoms. The zero-order chi connectivity index (χ0) is 13.7. The van der Waals surface area contributed by atoms with Crippen LogP contribution in [0.25, 0.3) is 0 Å². The van der Waals surface area contributed by atoms with E-state index in [1.165, 1.54) is 0 Å². The van der Waals surface area contributed by atoms with Crippen molar-refractivity contribution in [3.05, 3.63) is 35.9 Å². The number of hydrogen-bond acceptors (Lipinski definition) is 4. The van der Waals surface area contributed by atoms with E-state index in [-0.39, 0.29) is 18.0 Å². The average molecular weight is 278 g/mol. The number of rotatable bonds is 2. The fraction of sp³-hybridized carbons (Fsp3) is 0.467. The number of esters is 1. The molecule has 0 unspecified atom stereocenters. The van der Waals surface area contributed by atoms with Crippen molar-refractivity contribution in [1.29, 1.82) is 0 Å². The van der Waals surface area contributed by atoms with Crippen LogP contribution in [0.1, 0.15) is 25.3 Å². The molecule has 1 aliphatic heterocycles. The van der Waals surface area contributed by atoms with Crippen molar-refractivity contribution in [1.82, 2.24) is 0 Å². The lowest BCUT2D eigenvalue weighted by atomic mass is 9.94. The average Bonchev–Trinajstić information content (AvgIpc) is 2.43. The van der Waals surface area contributed by atoms with Crippen molar-refractivity contribution in [3.8, 4) is 0 Å². The SMILES string of the molecule is C[C@H]1C[C@@H](Cc2ccccc2)C(=O)OCCC(=S)O1. The maximum Gasteiger partial charge on any atom is 0.309 e. The van der Waals surface area contributed by atoms with Gasteiger partial charge in [0.15, 0.2) is 5.05 Å². The molecule has 0 spiro atoms. The quantitative estimate of drug-likeness (QED) is 0.615. The molecule has 1 fully saturated rings. The molecule has 19 heavy (non-hydrogen) atoms. The van der Waals surface area contributed by atoms with Crippen LogP contribution in [0, 0.1) is 5.92 Å². The van der Waals surface area contributed by atoms with Gasteiger partial charge in [0.05, 0.1) is 25.0 Å². The van der Waals surface area contributed by atoms with E-state index >= 15 is 0 Å². The smallest absolute Gasteiger partial charge is 0.309 e. The van der Waals surface area contributed by atoms with Crippen molar-refractivity contribution in [2.24, 2.45) is 5.92 Å². The molecule has 0 saturated carbocycles. The first-order valence-electron chi connectivity index (χ1n) is 6.55. The zero-order valence-corrected chi connectivity index (χ0v) is 11.8. The van der Waals surface area contributed by atoms with Crippen LogP contribution < -0.4 is 0 Å². The van der Waals surface area contributed by atoms with E-state index in [2.05, 4.69) is 0 Å². The molecule has 1 saturated heterocycles. The Kier molecular flexibility index (Phi) is 4.91. The van der Waals surface area contributed by atoms with E-state index in [1.807, 2.05) is 37.3 Å². The maximum atomic E-state index is 12.1. The summed E-state index contributed by atoms with van der Waals surface area (Å²) in [6.45, 7) is 2.26. The third-order valence-electron chi connectivity index (χ3n) is 3.16. The summed E-state index contributed by atoms with van der Waals surface area (Å²) in [5.41, 5.74) is 1.14. The fourth-order valence-electron chi connectivity index (χ4n) is 2.25. The second-order valence-corrected chi connectivity index (χ2v) is 5.30. The van der Waals surface area contributed by atoms with E-state index in [0.717, 1.165) is 5.56 Å². The Morgan fingerprint density at radius 2 is 2.05 bits per heavy atom. The Labute approximate surface area is 118 Å². The topological polar surface area (TPSA) is 35.5 Å². The third-order valence-corrected chi connectivity index (χ3v) is 3.46. The molecule has 2 rings (SSSR count). The van der Waals surface area contributed by atoms with Gasteiger partial charge in [0.25, 0.3) is 0 Å². The van der Waals surface area contributed by atoms with Gasteiger partial charge in [-0.3, -0.25) is 4.79 Å². The van der Waals surface area contributed by atoms with Gasteiger partial charge in [-0.15, -0.1) is 0 Å². The largest absolute Gasteiger partial charge is 0.484 e. The summed E-state index contributed by atoms with van der Waals surface area (Å²) < 4.78 is 10.8. The molecular weight excluding hydrogens is 260 g/mol. The normalized spacial score (nSPS) is 24.7. The van der Waals surface area contributed by atoms with Crippen molar-refractivity contribution >= 4 is 23.2 Å². The summed E-state index contributed by atoms with van der Waals surface area (Å²) >= 11 is 5.08.